The number of ketones is 1. The van der Waals surface area contributed by atoms with Crippen molar-refractivity contribution in [2.45, 2.75) is 58.0 Å². The Hall–Kier alpha value is -3.19. The Morgan fingerprint density at radius 1 is 1.18 bits per heavy atom. The number of allylic oxidation sites excluding steroid dienone is 3. The first kappa shape index (κ1) is 21.6. The van der Waals surface area contributed by atoms with E-state index >= 15 is 0 Å². The maximum absolute atomic E-state index is 13.6. The van der Waals surface area contributed by atoms with Gasteiger partial charge in [-0.05, 0) is 51.7 Å². The summed E-state index contributed by atoms with van der Waals surface area (Å²) in [6.07, 6.45) is 4.85. The van der Waals surface area contributed by atoms with Gasteiger partial charge in [0.05, 0.1) is 29.2 Å². The van der Waals surface area contributed by atoms with Crippen molar-refractivity contribution in [3.63, 3.8) is 0 Å². The number of aryl methyl sites for hydroxylation is 1. The second-order valence-corrected chi connectivity index (χ2v) is 9.02. The fourth-order valence-electron chi connectivity index (χ4n) is 5.05. The lowest BCUT2D eigenvalue weighted by Crippen LogP contribution is -2.36. The molecule has 1 aliphatic carbocycles. The minimum Gasteiger partial charge on any atom is -0.464 e. The number of hydrogen-bond donors (Lipinski definition) is 1. The number of benzene rings is 1. The monoisotopic (exact) mass is 449 g/mol. The lowest BCUT2D eigenvalue weighted by atomic mass is 9.75. The molecule has 2 atom stereocenters. The number of esters is 1. The second-order valence-electron chi connectivity index (χ2n) is 9.02. The third-order valence-corrected chi connectivity index (χ3v) is 6.69. The summed E-state index contributed by atoms with van der Waals surface area (Å²) >= 11 is 0. The summed E-state index contributed by atoms with van der Waals surface area (Å²) in [7, 11) is 0. The maximum atomic E-state index is 13.6. The molecule has 172 valence electrons. The highest BCUT2D eigenvalue weighted by Crippen LogP contribution is 2.42. The van der Waals surface area contributed by atoms with E-state index in [4.69, 9.17) is 13.9 Å². The molecule has 7 heteroatoms. The zero-order chi connectivity index (χ0) is 23.1. The normalized spacial score (nSPS) is 23.0. The summed E-state index contributed by atoms with van der Waals surface area (Å²) in [4.78, 5) is 40.0. The highest BCUT2D eigenvalue weighted by molar-refractivity contribution is 6.04. The van der Waals surface area contributed by atoms with E-state index in [-0.39, 0.29) is 35.1 Å². The minimum atomic E-state index is -0.827. The van der Waals surface area contributed by atoms with Crippen molar-refractivity contribution < 1.29 is 23.5 Å². The molecule has 2 aliphatic heterocycles. The molecule has 1 saturated heterocycles. The molecular weight excluding hydrogens is 422 g/mol. The van der Waals surface area contributed by atoms with Crippen molar-refractivity contribution in [3.8, 4) is 0 Å². The number of carbonyl (C=O) groups excluding carboxylic acids is 2. The topological polar surface area (TPSA) is 94.8 Å². The summed E-state index contributed by atoms with van der Waals surface area (Å²) in [5.74, 6) is -1.43. The third kappa shape index (κ3) is 3.91. The van der Waals surface area contributed by atoms with Crippen molar-refractivity contribution in [3.05, 3.63) is 68.4 Å². The first-order chi connectivity index (χ1) is 15.9. The number of fused-ring (bicyclic) bond motifs is 1. The molecule has 0 spiro atoms. The van der Waals surface area contributed by atoms with E-state index in [9.17, 15) is 14.4 Å². The van der Waals surface area contributed by atoms with Crippen LogP contribution in [0.25, 0.3) is 11.0 Å². The molecule has 0 unspecified atom stereocenters. The molecule has 0 saturated carbocycles. The van der Waals surface area contributed by atoms with Crippen LogP contribution in [0.2, 0.25) is 0 Å². The average molecular weight is 450 g/mol. The van der Waals surface area contributed by atoms with Gasteiger partial charge in [0.15, 0.2) is 11.2 Å². The minimum absolute atomic E-state index is 0.0607. The Morgan fingerprint density at radius 3 is 2.82 bits per heavy atom. The Morgan fingerprint density at radius 2 is 2.03 bits per heavy atom. The van der Waals surface area contributed by atoms with Gasteiger partial charge in [-0.1, -0.05) is 11.6 Å². The zero-order valence-electron chi connectivity index (χ0n) is 18.9. The lowest BCUT2D eigenvalue weighted by molar-refractivity contribution is -0.142. The molecule has 3 aliphatic rings. The standard InChI is InChI=1S/C26H27NO6/c1-14-8-9-21-17(11-14)25(29)18(13-32-21)23-22(26(30)33-12-16-5-4-10-31-16)15(2)27-19-6-3-7-20(28)24(19)23/h8-9,11,13,16,23,27H,3-7,10,12H2,1-2H3/t16-,23+/m0/s1. The number of Topliss-reactive ketones (excluding diaryl/α,β-unsaturated/α-hetero) is 1. The van der Waals surface area contributed by atoms with Crippen LogP contribution in [-0.2, 0) is 19.1 Å². The van der Waals surface area contributed by atoms with E-state index in [0.717, 1.165) is 30.5 Å². The van der Waals surface area contributed by atoms with Crippen LogP contribution in [0.4, 0.5) is 0 Å². The van der Waals surface area contributed by atoms with Crippen LogP contribution >= 0.6 is 0 Å². The summed E-state index contributed by atoms with van der Waals surface area (Å²) in [5.41, 5.74) is 3.54. The van der Waals surface area contributed by atoms with Crippen molar-refractivity contribution in [1.29, 1.82) is 0 Å². The number of ether oxygens (including phenoxy) is 2. The van der Waals surface area contributed by atoms with Crippen molar-refractivity contribution in [1.82, 2.24) is 5.32 Å². The molecule has 7 nitrogen and oxygen atoms in total. The van der Waals surface area contributed by atoms with Gasteiger partial charge < -0.3 is 19.2 Å². The largest absolute Gasteiger partial charge is 0.464 e. The Labute approximate surface area is 191 Å². The molecule has 1 aromatic carbocycles. The number of carbonyl (C=O) groups is 2. The van der Waals surface area contributed by atoms with Gasteiger partial charge in [0.1, 0.15) is 12.2 Å². The van der Waals surface area contributed by atoms with E-state index in [1.54, 1.807) is 19.1 Å². The van der Waals surface area contributed by atoms with Gasteiger partial charge in [-0.3, -0.25) is 9.59 Å². The first-order valence-corrected chi connectivity index (χ1v) is 11.5. The van der Waals surface area contributed by atoms with E-state index in [1.165, 1.54) is 6.26 Å². The van der Waals surface area contributed by atoms with Crippen LogP contribution in [0.3, 0.4) is 0 Å². The summed E-state index contributed by atoms with van der Waals surface area (Å²) in [5, 5.41) is 3.68. The molecule has 1 fully saturated rings. The summed E-state index contributed by atoms with van der Waals surface area (Å²) < 4.78 is 17.0. The Bertz CT molecular complexity index is 1260. The molecule has 33 heavy (non-hydrogen) atoms. The van der Waals surface area contributed by atoms with Crippen LogP contribution in [0.1, 0.15) is 56.1 Å². The van der Waals surface area contributed by atoms with Gasteiger partial charge in [0.2, 0.25) is 0 Å². The smallest absolute Gasteiger partial charge is 0.336 e. The Kier molecular flexibility index (Phi) is 5.66. The number of dihydropyridines is 1. The SMILES string of the molecule is CC1=C(C(=O)OC[C@@H]2CCCO2)[C@@H](c2coc3ccc(C)cc3c2=O)C2=C(CCCC2=O)N1. The van der Waals surface area contributed by atoms with Crippen LogP contribution in [-0.4, -0.2) is 31.1 Å². The molecule has 1 N–H and O–H groups in total. The van der Waals surface area contributed by atoms with Crippen molar-refractivity contribution in [2.75, 3.05) is 13.2 Å². The van der Waals surface area contributed by atoms with Gasteiger partial charge in [0, 0.05) is 35.6 Å². The molecule has 3 heterocycles. The molecule has 5 rings (SSSR count). The average Bonchev–Trinajstić information content (AvgIpc) is 3.31. The number of hydrogen-bond acceptors (Lipinski definition) is 7. The highest BCUT2D eigenvalue weighted by Gasteiger charge is 2.41. The molecule has 2 aromatic rings. The lowest BCUT2D eigenvalue weighted by Gasteiger charge is -2.33. The van der Waals surface area contributed by atoms with Gasteiger partial charge in [-0.15, -0.1) is 0 Å². The van der Waals surface area contributed by atoms with Crippen LogP contribution in [0, 0.1) is 6.92 Å². The van der Waals surface area contributed by atoms with Crippen molar-refractivity contribution in [2.24, 2.45) is 0 Å². The van der Waals surface area contributed by atoms with Gasteiger partial charge in [-0.2, -0.15) is 0 Å². The number of nitrogens with one attached hydrogen (secondary N) is 1. The molecule has 1 aromatic heterocycles. The fraction of sp³-hybridized carbons (Fsp3) is 0.423. The van der Waals surface area contributed by atoms with Gasteiger partial charge in [-0.25, -0.2) is 4.79 Å². The van der Waals surface area contributed by atoms with E-state index < -0.39 is 11.9 Å². The van der Waals surface area contributed by atoms with E-state index in [2.05, 4.69) is 5.32 Å². The molecular formula is C26H27NO6. The van der Waals surface area contributed by atoms with E-state index in [1.807, 2.05) is 13.0 Å². The predicted molar refractivity (Wildman–Crippen MR) is 122 cm³/mol. The van der Waals surface area contributed by atoms with Crippen LogP contribution in [0.5, 0.6) is 0 Å². The fourth-order valence-corrected chi connectivity index (χ4v) is 5.05. The number of rotatable bonds is 4. The highest BCUT2D eigenvalue weighted by atomic mass is 16.6. The van der Waals surface area contributed by atoms with Crippen LogP contribution < -0.4 is 10.7 Å². The Balaban J connectivity index is 1.61. The first-order valence-electron chi connectivity index (χ1n) is 11.5. The third-order valence-electron chi connectivity index (χ3n) is 6.69. The summed E-state index contributed by atoms with van der Waals surface area (Å²) in [6, 6.07) is 5.40. The van der Waals surface area contributed by atoms with Gasteiger partial charge >= 0.3 is 5.97 Å². The second kappa shape index (κ2) is 8.63. The zero-order valence-corrected chi connectivity index (χ0v) is 18.9. The summed E-state index contributed by atoms with van der Waals surface area (Å²) in [6.45, 7) is 4.49. The predicted octanol–water partition coefficient (Wildman–Crippen LogP) is 3.79. The molecule has 0 amide bonds. The van der Waals surface area contributed by atoms with Crippen molar-refractivity contribution >= 4 is 22.7 Å². The maximum Gasteiger partial charge on any atom is 0.336 e. The van der Waals surface area contributed by atoms with E-state index in [0.29, 0.717) is 41.7 Å². The van der Waals surface area contributed by atoms with Gasteiger partial charge in [0.25, 0.3) is 0 Å². The van der Waals surface area contributed by atoms with Crippen LogP contribution in [0.15, 0.2) is 56.2 Å². The molecule has 0 bridgehead atoms. The molecule has 0 radical (unpaired) electrons. The quantitative estimate of drug-likeness (QED) is 0.710.